The molecule has 3 N–H and O–H groups in total. The summed E-state index contributed by atoms with van der Waals surface area (Å²) in [6, 6.07) is -0.631. The van der Waals surface area contributed by atoms with Gasteiger partial charge in [-0.1, -0.05) is 214 Å². The Bertz CT molecular complexity index is 988. The van der Waals surface area contributed by atoms with E-state index in [1.165, 1.54) is 116 Å². The maximum atomic E-state index is 12.4. The summed E-state index contributed by atoms with van der Waals surface area (Å²) in [4.78, 5) is 12.4. The second-order valence-electron chi connectivity index (χ2n) is 15.1. The third kappa shape index (κ3) is 40.7. The van der Waals surface area contributed by atoms with Crippen molar-refractivity contribution in [3.63, 3.8) is 0 Å². The molecule has 4 nitrogen and oxygen atoms in total. The Morgan fingerprint density at radius 3 is 1.22 bits per heavy atom. The lowest BCUT2D eigenvalue weighted by Gasteiger charge is -2.20. The van der Waals surface area contributed by atoms with Crippen molar-refractivity contribution in [2.24, 2.45) is 0 Å². The largest absolute Gasteiger partial charge is 0.394 e. The van der Waals surface area contributed by atoms with E-state index in [1.54, 1.807) is 6.08 Å². The minimum Gasteiger partial charge on any atom is -0.394 e. The highest BCUT2D eigenvalue weighted by Gasteiger charge is 2.17. The lowest BCUT2D eigenvalue weighted by molar-refractivity contribution is -0.123. The maximum Gasteiger partial charge on any atom is 0.220 e. The van der Waals surface area contributed by atoms with Gasteiger partial charge in [0.1, 0.15) is 0 Å². The van der Waals surface area contributed by atoms with E-state index in [1.807, 2.05) is 6.08 Å². The van der Waals surface area contributed by atoms with Crippen LogP contribution in [0.2, 0.25) is 0 Å². The molecule has 1 amide bonds. The van der Waals surface area contributed by atoms with E-state index < -0.39 is 12.1 Å². The van der Waals surface area contributed by atoms with Crippen LogP contribution in [0.5, 0.6) is 0 Å². The van der Waals surface area contributed by atoms with Crippen molar-refractivity contribution in [3.8, 4) is 0 Å². The fourth-order valence-electron chi connectivity index (χ4n) is 6.42. The number of hydrogen-bond donors (Lipinski definition) is 3. The first kappa shape index (κ1) is 51.6. The molecule has 0 spiro atoms. The Morgan fingerprint density at radius 2 is 0.815 bits per heavy atom. The molecular formula is C50H87NO3. The van der Waals surface area contributed by atoms with Crippen LogP contribution in [0.1, 0.15) is 206 Å². The molecule has 0 fully saturated rings. The summed E-state index contributed by atoms with van der Waals surface area (Å²) in [6.07, 6.45) is 65.4. The molecule has 0 aliphatic heterocycles. The molecule has 0 aliphatic rings. The summed E-state index contributed by atoms with van der Waals surface area (Å²) in [5.41, 5.74) is 0. The molecule has 0 aromatic rings. The van der Waals surface area contributed by atoms with Crippen LogP contribution in [0.15, 0.2) is 85.1 Å². The molecule has 0 rings (SSSR count). The Morgan fingerprint density at radius 1 is 0.463 bits per heavy atom. The number of carbonyl (C=O) groups excluding carboxylic acids is 1. The number of aliphatic hydroxyl groups is 2. The molecule has 0 saturated carbocycles. The minimum absolute atomic E-state index is 0.0765. The number of amides is 1. The number of carbonyl (C=O) groups is 1. The van der Waals surface area contributed by atoms with Gasteiger partial charge in [0.25, 0.3) is 0 Å². The van der Waals surface area contributed by atoms with Crippen molar-refractivity contribution in [3.05, 3.63) is 85.1 Å². The Labute approximate surface area is 335 Å². The molecule has 4 heteroatoms. The van der Waals surface area contributed by atoms with Crippen LogP contribution in [0.25, 0.3) is 0 Å². The van der Waals surface area contributed by atoms with Crippen molar-refractivity contribution < 1.29 is 15.0 Å². The van der Waals surface area contributed by atoms with Crippen LogP contribution in [0.3, 0.4) is 0 Å². The third-order valence-corrected chi connectivity index (χ3v) is 9.88. The van der Waals surface area contributed by atoms with Gasteiger partial charge >= 0.3 is 0 Å². The number of rotatable bonds is 40. The standard InChI is InChI=1S/C50H87NO3/c1-3-5-7-9-11-13-15-17-19-20-21-22-23-24-25-26-27-28-29-30-32-34-36-38-40-42-44-46-50(54)51-48(47-52)49(53)45-43-41-39-37-35-33-31-18-16-14-12-10-8-6-4-2/h5,7,11,13,17,19,21-22,24-25,27-28,43,45,48-49,52-53H,3-4,6,8-10,12,14-16,18,20,23,26,29-42,44,46-47H2,1-2H3,(H,51,54)/b7-5-,13-11-,19-17-,22-21-,25-24-,28-27-,45-43+. The SMILES string of the molecule is CC/C=C\C/C=C\C/C=C\C/C=C\C/C=C\C/C=C\CCCCCCCCCCC(=O)NC(CO)C(O)/C=C/CCCCCCCCCCCCCCC. The highest BCUT2D eigenvalue weighted by atomic mass is 16.3. The van der Waals surface area contributed by atoms with Gasteiger partial charge in [0.05, 0.1) is 18.8 Å². The summed E-state index contributed by atoms with van der Waals surface area (Å²) in [5, 5.41) is 23.0. The molecule has 0 saturated heterocycles. The zero-order valence-electron chi connectivity index (χ0n) is 35.5. The zero-order chi connectivity index (χ0) is 39.3. The van der Waals surface area contributed by atoms with Crippen LogP contribution < -0.4 is 5.32 Å². The molecule has 54 heavy (non-hydrogen) atoms. The van der Waals surface area contributed by atoms with Crippen molar-refractivity contribution in [1.82, 2.24) is 5.32 Å². The van der Waals surface area contributed by atoms with Crippen LogP contribution in [-0.4, -0.2) is 34.9 Å². The molecule has 0 bridgehead atoms. The first-order chi connectivity index (χ1) is 26.7. The van der Waals surface area contributed by atoms with Gasteiger partial charge in [-0.15, -0.1) is 0 Å². The fraction of sp³-hybridized carbons (Fsp3) is 0.700. The van der Waals surface area contributed by atoms with Gasteiger partial charge in [0.2, 0.25) is 5.91 Å². The minimum atomic E-state index is -0.847. The van der Waals surface area contributed by atoms with E-state index >= 15 is 0 Å². The summed E-state index contributed by atoms with van der Waals surface area (Å²) < 4.78 is 0. The van der Waals surface area contributed by atoms with Crippen LogP contribution >= 0.6 is 0 Å². The number of allylic oxidation sites excluding steroid dienone is 13. The van der Waals surface area contributed by atoms with Gasteiger partial charge in [-0.05, 0) is 70.6 Å². The van der Waals surface area contributed by atoms with E-state index in [0.717, 1.165) is 70.6 Å². The van der Waals surface area contributed by atoms with Crippen LogP contribution in [0, 0.1) is 0 Å². The van der Waals surface area contributed by atoms with E-state index in [-0.39, 0.29) is 12.5 Å². The van der Waals surface area contributed by atoms with Crippen molar-refractivity contribution in [2.45, 2.75) is 219 Å². The second kappa shape index (κ2) is 45.0. The monoisotopic (exact) mass is 750 g/mol. The summed E-state index contributed by atoms with van der Waals surface area (Å²) in [7, 11) is 0. The van der Waals surface area contributed by atoms with Gasteiger partial charge in [0, 0.05) is 6.42 Å². The molecule has 2 unspecified atom stereocenters. The average Bonchev–Trinajstić information content (AvgIpc) is 3.18. The van der Waals surface area contributed by atoms with Gasteiger partial charge in [-0.3, -0.25) is 4.79 Å². The Kier molecular flexibility index (Phi) is 42.9. The van der Waals surface area contributed by atoms with Crippen molar-refractivity contribution in [2.75, 3.05) is 6.61 Å². The maximum absolute atomic E-state index is 12.4. The number of aliphatic hydroxyl groups excluding tert-OH is 2. The van der Waals surface area contributed by atoms with Crippen LogP contribution in [-0.2, 0) is 4.79 Å². The fourth-order valence-corrected chi connectivity index (χ4v) is 6.42. The second-order valence-corrected chi connectivity index (χ2v) is 15.1. The van der Waals surface area contributed by atoms with E-state index in [0.29, 0.717) is 6.42 Å². The highest BCUT2D eigenvalue weighted by Crippen LogP contribution is 2.14. The normalized spacial score (nSPS) is 13.8. The molecule has 0 radical (unpaired) electrons. The van der Waals surface area contributed by atoms with Crippen molar-refractivity contribution in [1.29, 1.82) is 0 Å². The molecule has 0 aromatic carbocycles. The number of nitrogens with one attached hydrogen (secondary N) is 1. The first-order valence-corrected chi connectivity index (χ1v) is 22.8. The third-order valence-electron chi connectivity index (χ3n) is 9.88. The summed E-state index contributed by atoms with van der Waals surface area (Å²) in [5.74, 6) is -0.0765. The summed E-state index contributed by atoms with van der Waals surface area (Å²) >= 11 is 0. The van der Waals surface area contributed by atoms with Gasteiger partial charge in [0.15, 0.2) is 0 Å². The lowest BCUT2D eigenvalue weighted by atomic mass is 10.0. The smallest absolute Gasteiger partial charge is 0.220 e. The molecule has 2 atom stereocenters. The quantitative estimate of drug-likeness (QED) is 0.0431. The molecule has 0 aromatic heterocycles. The Balaban J connectivity index is 3.63. The van der Waals surface area contributed by atoms with Crippen LogP contribution in [0.4, 0.5) is 0 Å². The summed E-state index contributed by atoms with van der Waals surface area (Å²) in [6.45, 7) is 4.18. The van der Waals surface area contributed by atoms with Gasteiger partial charge in [-0.2, -0.15) is 0 Å². The topological polar surface area (TPSA) is 69.6 Å². The van der Waals surface area contributed by atoms with E-state index in [2.05, 4.69) is 92.1 Å². The predicted octanol–water partition coefficient (Wildman–Crippen LogP) is 14.5. The zero-order valence-corrected chi connectivity index (χ0v) is 35.5. The van der Waals surface area contributed by atoms with Crippen molar-refractivity contribution >= 4 is 5.91 Å². The first-order valence-electron chi connectivity index (χ1n) is 22.8. The molecular weight excluding hydrogens is 663 g/mol. The average molecular weight is 750 g/mol. The molecule has 0 aliphatic carbocycles. The lowest BCUT2D eigenvalue weighted by Crippen LogP contribution is -2.45. The van der Waals surface area contributed by atoms with E-state index in [4.69, 9.17) is 0 Å². The molecule has 310 valence electrons. The predicted molar refractivity (Wildman–Crippen MR) is 239 cm³/mol. The highest BCUT2D eigenvalue weighted by molar-refractivity contribution is 5.76. The molecule has 0 heterocycles. The number of unbranched alkanes of at least 4 members (excludes halogenated alkanes) is 21. The van der Waals surface area contributed by atoms with Gasteiger partial charge in [-0.25, -0.2) is 0 Å². The van der Waals surface area contributed by atoms with Gasteiger partial charge < -0.3 is 15.5 Å². The number of hydrogen-bond acceptors (Lipinski definition) is 3. The van der Waals surface area contributed by atoms with E-state index in [9.17, 15) is 15.0 Å². The Hall–Kier alpha value is -2.43.